The van der Waals surface area contributed by atoms with Gasteiger partial charge in [0.1, 0.15) is 5.52 Å². The molecule has 4 heteroatoms. The highest BCUT2D eigenvalue weighted by Gasteiger charge is 2.17. The topological polar surface area (TPSA) is 29.9 Å². The molecule has 17 heavy (non-hydrogen) atoms. The molecule has 90 valence electrons. The smallest absolute Gasteiger partial charge is 0.107 e. The van der Waals surface area contributed by atoms with Crippen molar-refractivity contribution in [2.75, 3.05) is 13.1 Å². The molecule has 3 nitrogen and oxygen atoms in total. The molecule has 2 aromatic rings. The molecule has 1 saturated heterocycles. The van der Waals surface area contributed by atoms with Crippen LogP contribution in [0.25, 0.3) is 10.9 Å². The summed E-state index contributed by atoms with van der Waals surface area (Å²) in [6.07, 6.45) is 1.26. The Kier molecular flexibility index (Phi) is 2.92. The van der Waals surface area contributed by atoms with Crippen molar-refractivity contribution >= 4 is 26.8 Å². The zero-order valence-corrected chi connectivity index (χ0v) is 11.5. The maximum Gasteiger partial charge on any atom is 0.107 e. The lowest BCUT2D eigenvalue weighted by molar-refractivity contribution is 0.445. The van der Waals surface area contributed by atoms with E-state index in [1.54, 1.807) is 0 Å². The van der Waals surface area contributed by atoms with Gasteiger partial charge in [-0.2, -0.15) is 5.10 Å². The third kappa shape index (κ3) is 2.00. The molecule has 2 heterocycles. The summed E-state index contributed by atoms with van der Waals surface area (Å²) in [6, 6.07) is 6.27. The standard InChI is InChI=1S/C13H16BrN3/c1-9-11-3-2-4-12(14)13(11)16-17(9)8-10-5-6-15-7-10/h2-4,10,15H,5-8H2,1H3. The SMILES string of the molecule is Cc1c2cccc(Br)c2nn1CC1CCNC1. The van der Waals surface area contributed by atoms with Gasteiger partial charge in [-0.05, 0) is 54.3 Å². The number of aromatic nitrogens is 2. The van der Waals surface area contributed by atoms with Crippen LogP contribution in [-0.2, 0) is 6.54 Å². The number of halogens is 1. The fourth-order valence-electron chi connectivity index (χ4n) is 2.54. The Morgan fingerprint density at radius 2 is 2.41 bits per heavy atom. The second-order valence-corrected chi connectivity index (χ2v) is 5.62. The zero-order chi connectivity index (χ0) is 11.8. The summed E-state index contributed by atoms with van der Waals surface area (Å²) >= 11 is 3.57. The van der Waals surface area contributed by atoms with Gasteiger partial charge in [-0.3, -0.25) is 4.68 Å². The predicted octanol–water partition coefficient (Wildman–Crippen LogP) is 2.72. The first-order chi connectivity index (χ1) is 8.25. The van der Waals surface area contributed by atoms with Crippen molar-refractivity contribution in [1.82, 2.24) is 15.1 Å². The Labute approximate surface area is 109 Å². The average molecular weight is 294 g/mol. The van der Waals surface area contributed by atoms with Gasteiger partial charge >= 0.3 is 0 Å². The minimum atomic E-state index is 0.724. The number of nitrogens with zero attached hydrogens (tertiary/aromatic N) is 2. The number of benzene rings is 1. The Balaban J connectivity index is 1.99. The van der Waals surface area contributed by atoms with Gasteiger partial charge in [0, 0.05) is 22.1 Å². The quantitative estimate of drug-likeness (QED) is 0.923. The van der Waals surface area contributed by atoms with Gasteiger partial charge in [0.05, 0.1) is 0 Å². The van der Waals surface area contributed by atoms with Crippen LogP contribution in [0, 0.1) is 12.8 Å². The lowest BCUT2D eigenvalue weighted by Crippen LogP contribution is -2.16. The molecule has 0 radical (unpaired) electrons. The van der Waals surface area contributed by atoms with Crippen LogP contribution in [-0.4, -0.2) is 22.9 Å². The second-order valence-electron chi connectivity index (χ2n) is 4.76. The Hall–Kier alpha value is -0.870. The van der Waals surface area contributed by atoms with Crippen molar-refractivity contribution in [3.8, 4) is 0 Å². The fourth-order valence-corrected chi connectivity index (χ4v) is 2.98. The first-order valence-corrected chi connectivity index (χ1v) is 6.87. The van der Waals surface area contributed by atoms with E-state index in [1.165, 1.54) is 17.5 Å². The molecule has 0 spiro atoms. The Morgan fingerprint density at radius 3 is 3.12 bits per heavy atom. The van der Waals surface area contributed by atoms with E-state index in [4.69, 9.17) is 5.10 Å². The van der Waals surface area contributed by atoms with Crippen LogP contribution in [0.3, 0.4) is 0 Å². The number of rotatable bonds is 2. The summed E-state index contributed by atoms with van der Waals surface area (Å²) in [5.74, 6) is 0.724. The number of hydrogen-bond acceptors (Lipinski definition) is 2. The van der Waals surface area contributed by atoms with Crippen LogP contribution in [0.1, 0.15) is 12.1 Å². The van der Waals surface area contributed by atoms with Crippen LogP contribution < -0.4 is 5.32 Å². The predicted molar refractivity (Wildman–Crippen MR) is 73.1 cm³/mol. The normalized spacial score (nSPS) is 20.2. The summed E-state index contributed by atoms with van der Waals surface area (Å²) in [6.45, 7) is 5.45. The van der Waals surface area contributed by atoms with Crippen LogP contribution in [0.2, 0.25) is 0 Å². The molecule has 1 N–H and O–H groups in total. The van der Waals surface area contributed by atoms with Crippen LogP contribution in [0.5, 0.6) is 0 Å². The lowest BCUT2D eigenvalue weighted by atomic mass is 10.1. The molecule has 0 bridgehead atoms. The molecular formula is C13H16BrN3. The summed E-state index contributed by atoms with van der Waals surface area (Å²) in [5, 5.41) is 9.38. The van der Waals surface area contributed by atoms with Gasteiger partial charge in [0.15, 0.2) is 0 Å². The van der Waals surface area contributed by atoms with Gasteiger partial charge in [-0.1, -0.05) is 12.1 Å². The minimum absolute atomic E-state index is 0.724. The lowest BCUT2D eigenvalue weighted by Gasteiger charge is -2.09. The Bertz CT molecular complexity index is 541. The third-order valence-electron chi connectivity index (χ3n) is 3.58. The van der Waals surface area contributed by atoms with Crippen molar-refractivity contribution in [3.63, 3.8) is 0 Å². The van der Waals surface area contributed by atoms with Crippen molar-refractivity contribution in [1.29, 1.82) is 0 Å². The zero-order valence-electron chi connectivity index (χ0n) is 9.91. The molecule has 1 unspecified atom stereocenters. The van der Waals surface area contributed by atoms with Crippen LogP contribution >= 0.6 is 15.9 Å². The molecule has 0 amide bonds. The number of hydrogen-bond donors (Lipinski definition) is 1. The summed E-state index contributed by atoms with van der Waals surface area (Å²) in [4.78, 5) is 0. The highest BCUT2D eigenvalue weighted by molar-refractivity contribution is 9.10. The number of aryl methyl sites for hydroxylation is 1. The first kappa shape index (κ1) is 11.2. The minimum Gasteiger partial charge on any atom is -0.316 e. The molecule has 1 aromatic heterocycles. The van der Waals surface area contributed by atoms with E-state index in [9.17, 15) is 0 Å². The van der Waals surface area contributed by atoms with Gasteiger partial charge in [0.25, 0.3) is 0 Å². The monoisotopic (exact) mass is 293 g/mol. The highest BCUT2D eigenvalue weighted by Crippen LogP contribution is 2.26. The summed E-state index contributed by atoms with van der Waals surface area (Å²) in [7, 11) is 0. The van der Waals surface area contributed by atoms with E-state index in [1.807, 2.05) is 0 Å². The largest absolute Gasteiger partial charge is 0.316 e. The maximum absolute atomic E-state index is 4.72. The highest BCUT2D eigenvalue weighted by atomic mass is 79.9. The second kappa shape index (κ2) is 4.42. The van der Waals surface area contributed by atoms with Gasteiger partial charge in [0.2, 0.25) is 0 Å². The summed E-state index contributed by atoms with van der Waals surface area (Å²) in [5.41, 5.74) is 2.35. The molecule has 1 fully saturated rings. The van der Waals surface area contributed by atoms with Gasteiger partial charge < -0.3 is 5.32 Å². The molecular weight excluding hydrogens is 278 g/mol. The van der Waals surface area contributed by atoms with E-state index in [0.29, 0.717) is 0 Å². The molecule has 0 saturated carbocycles. The molecule has 1 atom stereocenters. The van der Waals surface area contributed by atoms with Crippen LogP contribution in [0.4, 0.5) is 0 Å². The van der Waals surface area contributed by atoms with Crippen LogP contribution in [0.15, 0.2) is 22.7 Å². The molecule has 1 aliphatic heterocycles. The van der Waals surface area contributed by atoms with Crippen molar-refractivity contribution < 1.29 is 0 Å². The fraction of sp³-hybridized carbons (Fsp3) is 0.462. The van der Waals surface area contributed by atoms with Gasteiger partial charge in [-0.15, -0.1) is 0 Å². The van der Waals surface area contributed by atoms with Crippen molar-refractivity contribution in [2.45, 2.75) is 19.9 Å². The van der Waals surface area contributed by atoms with E-state index >= 15 is 0 Å². The average Bonchev–Trinajstić information content (AvgIpc) is 2.92. The van der Waals surface area contributed by atoms with E-state index in [0.717, 1.165) is 35.5 Å². The number of fused-ring (bicyclic) bond motifs is 1. The van der Waals surface area contributed by atoms with Crippen molar-refractivity contribution in [2.24, 2.45) is 5.92 Å². The molecule has 3 rings (SSSR count). The molecule has 1 aliphatic rings. The number of nitrogens with one attached hydrogen (secondary N) is 1. The van der Waals surface area contributed by atoms with Crippen molar-refractivity contribution in [3.05, 3.63) is 28.4 Å². The molecule has 0 aliphatic carbocycles. The first-order valence-electron chi connectivity index (χ1n) is 6.08. The third-order valence-corrected chi connectivity index (χ3v) is 4.22. The van der Waals surface area contributed by atoms with E-state index < -0.39 is 0 Å². The van der Waals surface area contributed by atoms with Gasteiger partial charge in [-0.25, -0.2) is 0 Å². The Morgan fingerprint density at radius 1 is 1.53 bits per heavy atom. The van der Waals surface area contributed by atoms with E-state index in [2.05, 4.69) is 51.1 Å². The summed E-state index contributed by atoms with van der Waals surface area (Å²) < 4.78 is 3.24. The van der Waals surface area contributed by atoms with E-state index in [-0.39, 0.29) is 0 Å². The molecule has 1 aromatic carbocycles. The maximum atomic E-state index is 4.72.